The van der Waals surface area contributed by atoms with E-state index in [9.17, 15) is 4.79 Å². The molecule has 0 spiro atoms. The fraction of sp³-hybridized carbons (Fsp3) is 0.440. The minimum Gasteiger partial charge on any atom is -0.352 e. The van der Waals surface area contributed by atoms with Crippen molar-refractivity contribution in [2.75, 3.05) is 18.0 Å². The van der Waals surface area contributed by atoms with Crippen LogP contribution in [-0.4, -0.2) is 43.6 Å². The molecule has 2 aliphatic rings. The summed E-state index contributed by atoms with van der Waals surface area (Å²) >= 11 is 0. The Morgan fingerprint density at radius 3 is 2.75 bits per heavy atom. The largest absolute Gasteiger partial charge is 0.352 e. The van der Waals surface area contributed by atoms with E-state index >= 15 is 0 Å². The molecular formula is C25H30N6O. The summed E-state index contributed by atoms with van der Waals surface area (Å²) < 4.78 is 1.69. The zero-order valence-corrected chi connectivity index (χ0v) is 18.7. The molecule has 1 amide bonds. The van der Waals surface area contributed by atoms with Crippen molar-refractivity contribution in [3.05, 3.63) is 71.4 Å². The third kappa shape index (κ3) is 4.24. The molecule has 5 rings (SSSR count). The number of aryl methyl sites for hydroxylation is 1. The molecule has 3 aromatic rings. The van der Waals surface area contributed by atoms with Gasteiger partial charge in [-0.15, -0.1) is 0 Å². The number of piperidine rings is 1. The van der Waals surface area contributed by atoms with Crippen molar-refractivity contribution < 1.29 is 4.79 Å². The summed E-state index contributed by atoms with van der Waals surface area (Å²) in [5, 5.41) is 4.20. The maximum absolute atomic E-state index is 13.1. The first kappa shape index (κ1) is 20.7. The van der Waals surface area contributed by atoms with Crippen LogP contribution in [-0.2, 0) is 24.3 Å². The number of fused-ring (bicyclic) bond motifs is 1. The van der Waals surface area contributed by atoms with E-state index in [1.807, 2.05) is 17.2 Å². The standard InChI is InChI=1S/C25H30N6O/c1-19-21-11-7-14-29(17-20-9-3-2-4-10-20)25(21)28-24(27-19)22-12-5-6-16-31(22)23(32)18-30-15-8-13-26-30/h2-4,8-10,13,15,22H,5-7,11-12,14,16-18H2,1H3/t22-/m0/s1. The predicted octanol–water partition coefficient (Wildman–Crippen LogP) is 3.69. The monoisotopic (exact) mass is 430 g/mol. The fourth-order valence-electron chi connectivity index (χ4n) is 4.94. The molecule has 0 aliphatic carbocycles. The van der Waals surface area contributed by atoms with Crippen molar-refractivity contribution in [3.8, 4) is 0 Å². The predicted molar refractivity (Wildman–Crippen MR) is 123 cm³/mol. The summed E-state index contributed by atoms with van der Waals surface area (Å²) in [4.78, 5) is 27.5. The van der Waals surface area contributed by atoms with E-state index in [1.165, 1.54) is 11.1 Å². The molecule has 1 fully saturated rings. The lowest BCUT2D eigenvalue weighted by Crippen LogP contribution is -2.41. The molecule has 7 nitrogen and oxygen atoms in total. The van der Waals surface area contributed by atoms with E-state index in [4.69, 9.17) is 9.97 Å². The molecule has 1 saturated heterocycles. The van der Waals surface area contributed by atoms with Gasteiger partial charge >= 0.3 is 0 Å². The van der Waals surface area contributed by atoms with Crippen LogP contribution < -0.4 is 4.90 Å². The number of hydrogen-bond donors (Lipinski definition) is 0. The molecule has 1 aromatic carbocycles. The summed E-state index contributed by atoms with van der Waals surface area (Å²) in [6.45, 7) is 4.93. The van der Waals surface area contributed by atoms with Gasteiger partial charge in [0.05, 0.1) is 6.04 Å². The second kappa shape index (κ2) is 9.10. The van der Waals surface area contributed by atoms with Crippen molar-refractivity contribution in [1.82, 2.24) is 24.6 Å². The lowest BCUT2D eigenvalue weighted by atomic mass is 9.99. The van der Waals surface area contributed by atoms with Crippen molar-refractivity contribution >= 4 is 11.7 Å². The van der Waals surface area contributed by atoms with E-state index in [0.29, 0.717) is 0 Å². The minimum atomic E-state index is -0.0729. The Labute approximate surface area is 189 Å². The highest BCUT2D eigenvalue weighted by Gasteiger charge is 2.32. The van der Waals surface area contributed by atoms with E-state index in [1.54, 1.807) is 10.9 Å². The molecular weight excluding hydrogens is 400 g/mol. The maximum Gasteiger partial charge on any atom is 0.244 e. The number of carbonyl (C=O) groups is 1. The Balaban J connectivity index is 1.44. The van der Waals surface area contributed by atoms with Crippen LogP contribution in [0.1, 0.15) is 54.4 Å². The first-order valence-corrected chi connectivity index (χ1v) is 11.6. The van der Waals surface area contributed by atoms with Gasteiger partial charge in [0.25, 0.3) is 0 Å². The fourth-order valence-corrected chi connectivity index (χ4v) is 4.94. The van der Waals surface area contributed by atoms with Crippen LogP contribution in [0.4, 0.5) is 5.82 Å². The van der Waals surface area contributed by atoms with Crippen molar-refractivity contribution in [2.45, 2.75) is 58.2 Å². The van der Waals surface area contributed by atoms with Crippen LogP contribution >= 0.6 is 0 Å². The molecule has 2 aliphatic heterocycles. The molecule has 2 aromatic heterocycles. The van der Waals surface area contributed by atoms with Crippen LogP contribution in [0.25, 0.3) is 0 Å². The number of anilines is 1. The Hall–Kier alpha value is -3.22. The number of amides is 1. The molecule has 7 heteroatoms. The summed E-state index contributed by atoms with van der Waals surface area (Å²) in [6, 6.07) is 12.3. The van der Waals surface area contributed by atoms with Crippen LogP contribution in [0.3, 0.4) is 0 Å². The normalized spacial score (nSPS) is 18.5. The van der Waals surface area contributed by atoms with Gasteiger partial charge < -0.3 is 9.80 Å². The SMILES string of the molecule is Cc1nc([C@@H]2CCCCN2C(=O)Cn2cccn2)nc2c1CCCN2Cc1ccccc1. The third-order valence-electron chi connectivity index (χ3n) is 6.56. The third-order valence-corrected chi connectivity index (χ3v) is 6.56. The summed E-state index contributed by atoms with van der Waals surface area (Å²) in [7, 11) is 0. The van der Waals surface area contributed by atoms with E-state index in [0.717, 1.165) is 69.1 Å². The highest BCUT2D eigenvalue weighted by Crippen LogP contribution is 2.34. The van der Waals surface area contributed by atoms with Crippen LogP contribution in [0.15, 0.2) is 48.8 Å². The van der Waals surface area contributed by atoms with Gasteiger partial charge in [-0.1, -0.05) is 30.3 Å². The van der Waals surface area contributed by atoms with Crippen LogP contribution in [0.2, 0.25) is 0 Å². The van der Waals surface area contributed by atoms with Gasteiger partial charge in [0, 0.05) is 43.3 Å². The highest BCUT2D eigenvalue weighted by molar-refractivity contribution is 5.76. The smallest absolute Gasteiger partial charge is 0.244 e. The Morgan fingerprint density at radius 1 is 1.06 bits per heavy atom. The number of aromatic nitrogens is 4. The number of hydrogen-bond acceptors (Lipinski definition) is 5. The zero-order chi connectivity index (χ0) is 21.9. The van der Waals surface area contributed by atoms with Gasteiger partial charge in [0.15, 0.2) is 5.82 Å². The second-order valence-electron chi connectivity index (χ2n) is 8.78. The Morgan fingerprint density at radius 2 is 1.94 bits per heavy atom. The Bertz CT molecular complexity index is 1070. The number of nitrogens with zero attached hydrogens (tertiary/aromatic N) is 6. The maximum atomic E-state index is 13.1. The first-order chi connectivity index (χ1) is 15.7. The summed E-state index contributed by atoms with van der Waals surface area (Å²) in [5.41, 5.74) is 3.58. The molecule has 0 radical (unpaired) electrons. The average Bonchev–Trinajstić information content (AvgIpc) is 3.33. The number of benzene rings is 1. The first-order valence-electron chi connectivity index (χ1n) is 11.6. The van der Waals surface area contributed by atoms with Gasteiger partial charge in [-0.2, -0.15) is 5.10 Å². The highest BCUT2D eigenvalue weighted by atomic mass is 16.2. The zero-order valence-electron chi connectivity index (χ0n) is 18.7. The van der Waals surface area contributed by atoms with Gasteiger partial charge in [0.2, 0.25) is 5.91 Å². The topological polar surface area (TPSA) is 67.2 Å². The average molecular weight is 431 g/mol. The second-order valence-corrected chi connectivity index (χ2v) is 8.78. The van der Waals surface area contributed by atoms with Gasteiger partial charge in [-0.25, -0.2) is 9.97 Å². The quantitative estimate of drug-likeness (QED) is 0.618. The number of rotatable bonds is 5. The van der Waals surface area contributed by atoms with E-state index in [2.05, 4.69) is 47.3 Å². The molecule has 0 N–H and O–H groups in total. The summed E-state index contributed by atoms with van der Waals surface area (Å²) in [5.74, 6) is 1.92. The minimum absolute atomic E-state index is 0.0729. The summed E-state index contributed by atoms with van der Waals surface area (Å²) in [6.07, 6.45) is 8.67. The Kier molecular flexibility index (Phi) is 5.88. The van der Waals surface area contributed by atoms with E-state index in [-0.39, 0.29) is 18.5 Å². The molecule has 0 unspecified atom stereocenters. The van der Waals surface area contributed by atoms with Crippen molar-refractivity contribution in [1.29, 1.82) is 0 Å². The lowest BCUT2D eigenvalue weighted by Gasteiger charge is -2.36. The van der Waals surface area contributed by atoms with E-state index < -0.39 is 0 Å². The molecule has 4 heterocycles. The number of carbonyl (C=O) groups excluding carboxylic acids is 1. The van der Waals surface area contributed by atoms with Crippen molar-refractivity contribution in [2.24, 2.45) is 0 Å². The molecule has 166 valence electrons. The van der Waals surface area contributed by atoms with Gasteiger partial charge in [-0.05, 0) is 50.7 Å². The van der Waals surface area contributed by atoms with Crippen LogP contribution in [0.5, 0.6) is 0 Å². The van der Waals surface area contributed by atoms with Crippen LogP contribution in [0, 0.1) is 6.92 Å². The molecule has 32 heavy (non-hydrogen) atoms. The van der Waals surface area contributed by atoms with Gasteiger partial charge in [0.1, 0.15) is 12.4 Å². The molecule has 0 bridgehead atoms. The lowest BCUT2D eigenvalue weighted by molar-refractivity contribution is -0.136. The molecule has 0 saturated carbocycles. The van der Waals surface area contributed by atoms with Crippen molar-refractivity contribution in [3.63, 3.8) is 0 Å². The number of likely N-dealkylation sites (tertiary alicyclic amines) is 1. The molecule has 1 atom stereocenters. The van der Waals surface area contributed by atoms with Gasteiger partial charge in [-0.3, -0.25) is 9.48 Å².